The number of amides is 4. The van der Waals surface area contributed by atoms with Crippen LogP contribution in [0.4, 0.5) is 10.7 Å². The molecule has 6 heterocycles. The number of aryl methyl sites for hydroxylation is 6. The number of carbonyl (C=O) groups is 6. The van der Waals surface area contributed by atoms with E-state index in [4.69, 9.17) is 50.1 Å². The number of imidazole rings is 1. The lowest BCUT2D eigenvalue weighted by Crippen LogP contribution is -2.27. The summed E-state index contributed by atoms with van der Waals surface area (Å²) in [4.78, 5) is 91.4. The number of esters is 2. The molecule has 26 nitrogen and oxygen atoms in total. The smallest absolute Gasteiger partial charge is 0.407 e. The minimum atomic E-state index is -0.736. The highest BCUT2D eigenvalue weighted by Gasteiger charge is 2.24. The number of benzene rings is 2. The van der Waals surface area contributed by atoms with Gasteiger partial charge in [-0.3, -0.25) is 38.5 Å². The number of anilines is 1. The van der Waals surface area contributed by atoms with Crippen LogP contribution in [0.3, 0.4) is 0 Å². The number of rotatable bonds is 27. The van der Waals surface area contributed by atoms with Crippen molar-refractivity contribution >= 4 is 74.7 Å². The number of alkyl carbamates (subject to hydrolysis) is 1. The Balaban J connectivity index is 1.13. The van der Waals surface area contributed by atoms with Crippen LogP contribution >= 0.6 is 0 Å². The van der Waals surface area contributed by atoms with Gasteiger partial charge in [0.2, 0.25) is 17.8 Å². The molecule has 0 aliphatic heterocycles. The van der Waals surface area contributed by atoms with E-state index >= 15 is 0 Å². The van der Waals surface area contributed by atoms with Crippen LogP contribution in [0.5, 0.6) is 11.5 Å². The van der Waals surface area contributed by atoms with Crippen LogP contribution in [0.15, 0.2) is 60.8 Å². The minimum Gasteiger partial charge on any atom is -0.491 e. The van der Waals surface area contributed by atoms with Crippen LogP contribution in [0.25, 0.3) is 44.5 Å². The summed E-state index contributed by atoms with van der Waals surface area (Å²) in [5.74, 6) is -1.85. The number of hydrogen-bond acceptors (Lipinski definition) is 17. The van der Waals surface area contributed by atoms with E-state index in [1.54, 1.807) is 69.8 Å². The molecule has 81 heavy (non-hydrogen) atoms. The number of nitrogens with two attached hydrogens (primary N) is 2. The van der Waals surface area contributed by atoms with Crippen molar-refractivity contribution < 1.29 is 52.5 Å². The maximum Gasteiger partial charge on any atom is 0.407 e. The average Bonchev–Trinajstić information content (AvgIpc) is 4.31. The van der Waals surface area contributed by atoms with Gasteiger partial charge in [-0.2, -0.15) is 15.3 Å². The highest BCUT2D eigenvalue weighted by Crippen LogP contribution is 2.37. The number of fused-ring (bicyclic) bond motifs is 4. The zero-order chi connectivity index (χ0) is 57.9. The number of primary amides is 2. The molecular weight excluding hydrogens is 1050 g/mol. The van der Waals surface area contributed by atoms with Gasteiger partial charge < -0.3 is 49.6 Å². The van der Waals surface area contributed by atoms with Gasteiger partial charge >= 0.3 is 18.0 Å². The van der Waals surface area contributed by atoms with Gasteiger partial charge in [0.1, 0.15) is 39.7 Å². The van der Waals surface area contributed by atoms with E-state index in [-0.39, 0.29) is 94.8 Å². The SMILES string of the molecule is CCOC(=O)CCNC(=O)OCCCOc1cc(C(N)=O)cc2c3cnc(-c4cc(C)nn4CC)nc3n(C/C=C/Cn3c(NC(=O)c4cc(C)nn4CC)nc4cc(C(N)=O)cc(OCCCOC(=O)c5cc(C)nn5CC)c43)c12. The van der Waals surface area contributed by atoms with Gasteiger partial charge in [-0.05, 0) is 90.9 Å². The number of nitrogens with one attached hydrogen (secondary N) is 2. The molecule has 0 aliphatic rings. The molecule has 0 aliphatic carbocycles. The average molecular weight is 1110 g/mol. The Morgan fingerprint density at radius 1 is 0.630 bits per heavy atom. The van der Waals surface area contributed by atoms with Crippen molar-refractivity contribution in [1.82, 2.24) is 58.7 Å². The normalized spacial score (nSPS) is 11.4. The van der Waals surface area contributed by atoms with Gasteiger partial charge in [0, 0.05) is 80.2 Å². The third kappa shape index (κ3) is 13.3. The summed E-state index contributed by atoms with van der Waals surface area (Å²) >= 11 is 0. The lowest BCUT2D eigenvalue weighted by atomic mass is 10.1. The van der Waals surface area contributed by atoms with E-state index in [1.165, 1.54) is 12.1 Å². The molecule has 6 N–H and O–H groups in total. The van der Waals surface area contributed by atoms with Gasteiger partial charge in [0.15, 0.2) is 5.82 Å². The third-order valence-electron chi connectivity index (χ3n) is 12.7. The number of aromatic nitrogens is 11. The van der Waals surface area contributed by atoms with Crippen LogP contribution in [0.2, 0.25) is 0 Å². The van der Waals surface area contributed by atoms with Crippen LogP contribution < -0.4 is 31.6 Å². The van der Waals surface area contributed by atoms with Gasteiger partial charge in [-0.15, -0.1) is 0 Å². The maximum atomic E-state index is 14.1. The molecule has 26 heteroatoms. The number of hydrogen-bond donors (Lipinski definition) is 4. The van der Waals surface area contributed by atoms with Crippen LogP contribution in [-0.4, -0.2) is 129 Å². The Kier molecular flexibility index (Phi) is 18.4. The lowest BCUT2D eigenvalue weighted by molar-refractivity contribution is -0.142. The van der Waals surface area contributed by atoms with Crippen molar-refractivity contribution in [3.63, 3.8) is 0 Å². The Morgan fingerprint density at radius 2 is 1.22 bits per heavy atom. The quantitative estimate of drug-likeness (QED) is 0.0200. The molecule has 0 atom stereocenters. The number of nitrogens with zero attached hydrogens (tertiary/aromatic N) is 11. The summed E-state index contributed by atoms with van der Waals surface area (Å²) in [5.41, 5.74) is 17.2. The molecule has 0 fully saturated rings. The second-order valence-corrected chi connectivity index (χ2v) is 18.6. The van der Waals surface area contributed by atoms with Crippen molar-refractivity contribution in [3.05, 3.63) is 100 Å². The summed E-state index contributed by atoms with van der Waals surface area (Å²) in [7, 11) is 0. The van der Waals surface area contributed by atoms with E-state index < -0.39 is 35.8 Å². The molecule has 0 bridgehead atoms. The van der Waals surface area contributed by atoms with E-state index in [0.29, 0.717) is 92.6 Å². The zero-order valence-corrected chi connectivity index (χ0v) is 46.2. The van der Waals surface area contributed by atoms with Crippen LogP contribution in [0.1, 0.15) is 106 Å². The first-order chi connectivity index (χ1) is 39.0. The lowest BCUT2D eigenvalue weighted by Gasteiger charge is -2.14. The van der Waals surface area contributed by atoms with Crippen LogP contribution in [-0.2, 0) is 51.7 Å². The van der Waals surface area contributed by atoms with Crippen molar-refractivity contribution in [1.29, 1.82) is 0 Å². The van der Waals surface area contributed by atoms with Crippen molar-refractivity contribution in [2.45, 2.75) is 100 Å². The highest BCUT2D eigenvalue weighted by atomic mass is 16.6. The van der Waals surface area contributed by atoms with Crippen molar-refractivity contribution in [3.8, 4) is 23.0 Å². The topological polar surface area (TPSA) is 327 Å². The predicted octanol–water partition coefficient (Wildman–Crippen LogP) is 5.96. The first-order valence-corrected chi connectivity index (χ1v) is 26.6. The first-order valence-electron chi connectivity index (χ1n) is 26.6. The van der Waals surface area contributed by atoms with Gasteiger partial charge in [0.25, 0.3) is 5.91 Å². The van der Waals surface area contributed by atoms with Gasteiger partial charge in [-0.1, -0.05) is 12.2 Å². The standard InChI is InChI=1S/C55H65N15O11/c1-8-68-40(24-32(5)63-68)50-59-31-38-37-27-35(48(56)72)29-43(78-21-15-23-81-55(76)58-17-16-45(71)77-11-4)46(37)66(51(38)61-50)18-12-13-19-67-47-39(60-54(67)62-52(74)41-25-33(6)64-69(41)9-2)28-36(49(57)73)30-44(47)79-20-14-22-80-53(75)42-26-34(7)65-70(42)10-3/h12-13,24-31H,8-11,14-23H2,1-7H3,(H2,56,72)(H2,57,73)(H,58,76)(H,60,62,74)/b13-12+. The Bertz CT molecular complexity index is 3700. The number of carbonyl (C=O) groups excluding carboxylic acids is 6. The van der Waals surface area contributed by atoms with Gasteiger partial charge in [0.05, 0.1) is 67.6 Å². The highest BCUT2D eigenvalue weighted by molar-refractivity contribution is 6.12. The monoisotopic (exact) mass is 1110 g/mol. The number of allylic oxidation sites excluding steroid dienone is 2. The molecule has 0 saturated heterocycles. The fourth-order valence-electron chi connectivity index (χ4n) is 9.12. The van der Waals surface area contributed by atoms with E-state index in [0.717, 1.165) is 5.69 Å². The molecular formula is C55H65N15O11. The maximum absolute atomic E-state index is 14.1. The molecule has 6 aromatic heterocycles. The summed E-state index contributed by atoms with van der Waals surface area (Å²) in [5, 5.41) is 20.0. The fraction of sp³-hybridized carbons (Fsp3) is 0.382. The zero-order valence-electron chi connectivity index (χ0n) is 46.2. The molecule has 2 aromatic carbocycles. The van der Waals surface area contributed by atoms with E-state index in [2.05, 4.69) is 25.9 Å². The van der Waals surface area contributed by atoms with Crippen LogP contribution in [0, 0.1) is 20.8 Å². The van der Waals surface area contributed by atoms with Crippen molar-refractivity contribution in [2.24, 2.45) is 11.5 Å². The van der Waals surface area contributed by atoms with Crippen molar-refractivity contribution in [2.75, 3.05) is 44.9 Å². The molecule has 4 amide bonds. The molecule has 0 unspecified atom stereocenters. The third-order valence-corrected chi connectivity index (χ3v) is 12.7. The molecule has 0 radical (unpaired) electrons. The number of ether oxygens (including phenoxy) is 5. The Morgan fingerprint density at radius 3 is 1.88 bits per heavy atom. The Labute approximate surface area is 464 Å². The molecule has 0 saturated carbocycles. The molecule has 8 aromatic rings. The second kappa shape index (κ2) is 25.9. The molecule has 426 valence electrons. The summed E-state index contributed by atoms with van der Waals surface area (Å²) in [6, 6.07) is 11.4. The fourth-order valence-corrected chi connectivity index (χ4v) is 9.12. The van der Waals surface area contributed by atoms with Gasteiger partial charge in [-0.25, -0.2) is 24.5 Å². The Hall–Kier alpha value is -9.62. The molecule has 8 rings (SSSR count). The second-order valence-electron chi connectivity index (χ2n) is 18.6. The predicted molar refractivity (Wildman–Crippen MR) is 297 cm³/mol. The summed E-state index contributed by atoms with van der Waals surface area (Å²) in [6.07, 6.45) is 5.22. The van der Waals surface area contributed by atoms with E-state index in [1.807, 2.05) is 50.5 Å². The van der Waals surface area contributed by atoms with E-state index in [9.17, 15) is 28.8 Å². The summed E-state index contributed by atoms with van der Waals surface area (Å²) in [6.45, 7) is 15.0. The first kappa shape index (κ1) is 57.6. The minimum absolute atomic E-state index is 0.00631. The largest absolute Gasteiger partial charge is 0.491 e. The molecule has 0 spiro atoms. The summed E-state index contributed by atoms with van der Waals surface area (Å²) < 4.78 is 37.1.